The third-order valence-electron chi connectivity index (χ3n) is 5.29. The normalized spacial score (nSPS) is 16.7. The Morgan fingerprint density at radius 3 is 2.45 bits per heavy atom. The molecule has 1 aliphatic rings. The summed E-state index contributed by atoms with van der Waals surface area (Å²) >= 11 is 12.6. The second kappa shape index (κ2) is 11.4. The molecule has 0 bridgehead atoms. The molecule has 1 heterocycles. The highest BCUT2D eigenvalue weighted by molar-refractivity contribution is 6.43. The molecule has 0 aliphatic carbocycles. The fourth-order valence-electron chi connectivity index (χ4n) is 3.09. The van der Waals surface area contributed by atoms with Gasteiger partial charge in [-0.05, 0) is 56.9 Å². The van der Waals surface area contributed by atoms with Crippen LogP contribution in [0.25, 0.3) is 6.08 Å². The number of amides is 2. The SMILES string of the molecule is CCC(C)Oc1ccc(/C=C/C(=O)N2CCC(C(=O)NC(C)C(=O)O)CC2)c(Cl)c1Cl. The first-order valence-electron chi connectivity index (χ1n) is 10.3. The Bertz CT molecular complexity index is 851. The minimum atomic E-state index is -1.08. The van der Waals surface area contributed by atoms with Gasteiger partial charge in [0.25, 0.3) is 0 Å². The number of aliphatic carboxylic acids is 1. The van der Waals surface area contributed by atoms with E-state index in [-0.39, 0.29) is 23.8 Å². The Hall–Kier alpha value is -2.25. The average Bonchev–Trinajstić information content (AvgIpc) is 2.75. The van der Waals surface area contributed by atoms with Crippen molar-refractivity contribution >= 4 is 47.1 Å². The zero-order valence-electron chi connectivity index (χ0n) is 17.9. The van der Waals surface area contributed by atoms with E-state index in [1.54, 1.807) is 23.1 Å². The fraction of sp³-hybridized carbons (Fsp3) is 0.500. The van der Waals surface area contributed by atoms with Gasteiger partial charge in [0.2, 0.25) is 11.8 Å². The van der Waals surface area contributed by atoms with E-state index in [1.807, 2.05) is 13.8 Å². The topological polar surface area (TPSA) is 95.9 Å². The van der Waals surface area contributed by atoms with Crippen LogP contribution in [0.4, 0.5) is 0 Å². The molecule has 2 atom stereocenters. The quantitative estimate of drug-likeness (QED) is 0.559. The van der Waals surface area contributed by atoms with Crippen LogP contribution in [0.5, 0.6) is 5.75 Å². The molecule has 1 aliphatic heterocycles. The van der Waals surface area contributed by atoms with Crippen LogP contribution in [-0.4, -0.2) is 53.0 Å². The van der Waals surface area contributed by atoms with Crippen LogP contribution < -0.4 is 10.1 Å². The van der Waals surface area contributed by atoms with Gasteiger partial charge in [-0.15, -0.1) is 0 Å². The van der Waals surface area contributed by atoms with Gasteiger partial charge in [-0.3, -0.25) is 14.4 Å². The van der Waals surface area contributed by atoms with E-state index in [0.717, 1.165) is 6.42 Å². The van der Waals surface area contributed by atoms with Crippen molar-refractivity contribution in [2.24, 2.45) is 5.92 Å². The standard InChI is InChI=1S/C22H28Cl2N2O5/c1-4-13(2)31-17-7-5-15(19(23)20(17)24)6-8-18(27)26-11-9-16(10-12-26)21(28)25-14(3)22(29)30/h5-8,13-14,16H,4,9-12H2,1-3H3,(H,25,28)(H,29,30)/b8-6+. The van der Waals surface area contributed by atoms with Crippen LogP contribution >= 0.6 is 23.2 Å². The predicted molar refractivity (Wildman–Crippen MR) is 120 cm³/mol. The molecule has 0 saturated carbocycles. The number of nitrogens with one attached hydrogen (secondary N) is 1. The highest BCUT2D eigenvalue weighted by atomic mass is 35.5. The maximum atomic E-state index is 12.5. The molecule has 1 aromatic carbocycles. The number of carbonyl (C=O) groups is 3. The van der Waals surface area contributed by atoms with Gasteiger partial charge in [0.1, 0.15) is 16.8 Å². The molecule has 0 aromatic heterocycles. The molecular weight excluding hydrogens is 443 g/mol. The summed E-state index contributed by atoms with van der Waals surface area (Å²) in [6.45, 7) is 6.20. The number of hydrogen-bond acceptors (Lipinski definition) is 4. The van der Waals surface area contributed by atoms with Crippen LogP contribution in [0.15, 0.2) is 18.2 Å². The number of nitrogens with zero attached hydrogens (tertiary/aromatic N) is 1. The van der Waals surface area contributed by atoms with E-state index >= 15 is 0 Å². The first-order valence-corrected chi connectivity index (χ1v) is 11.0. The Morgan fingerprint density at radius 1 is 1.23 bits per heavy atom. The number of halogens is 2. The van der Waals surface area contributed by atoms with Gasteiger partial charge in [-0.25, -0.2) is 0 Å². The van der Waals surface area contributed by atoms with Crippen molar-refractivity contribution in [2.45, 2.75) is 52.2 Å². The number of carbonyl (C=O) groups excluding carboxylic acids is 2. The molecule has 1 fully saturated rings. The number of likely N-dealkylation sites (tertiary alicyclic amines) is 1. The Morgan fingerprint density at radius 2 is 1.87 bits per heavy atom. The molecule has 2 N–H and O–H groups in total. The first kappa shape index (κ1) is 25.0. The monoisotopic (exact) mass is 470 g/mol. The van der Waals surface area contributed by atoms with Crippen LogP contribution in [-0.2, 0) is 14.4 Å². The molecule has 0 radical (unpaired) electrons. The summed E-state index contributed by atoms with van der Waals surface area (Å²) in [6, 6.07) is 2.54. The third kappa shape index (κ3) is 6.87. The molecule has 2 amide bonds. The molecule has 9 heteroatoms. The average molecular weight is 471 g/mol. The van der Waals surface area contributed by atoms with Crippen molar-refractivity contribution in [3.8, 4) is 5.75 Å². The molecule has 170 valence electrons. The number of ether oxygens (including phenoxy) is 1. The zero-order chi connectivity index (χ0) is 23.1. The first-order chi connectivity index (χ1) is 14.6. The second-order valence-corrected chi connectivity index (χ2v) is 8.37. The number of benzene rings is 1. The Balaban J connectivity index is 1.94. The van der Waals surface area contributed by atoms with Gasteiger partial charge >= 0.3 is 5.97 Å². The molecule has 7 nitrogen and oxygen atoms in total. The number of piperidine rings is 1. The molecule has 2 unspecified atom stereocenters. The summed E-state index contributed by atoms with van der Waals surface area (Å²) in [7, 11) is 0. The highest BCUT2D eigenvalue weighted by Gasteiger charge is 2.28. The minimum Gasteiger partial charge on any atom is -0.489 e. The van der Waals surface area contributed by atoms with Gasteiger partial charge in [-0.1, -0.05) is 30.1 Å². The molecule has 31 heavy (non-hydrogen) atoms. The van der Waals surface area contributed by atoms with Crippen LogP contribution in [0.2, 0.25) is 10.0 Å². The molecule has 1 aromatic rings. The van der Waals surface area contributed by atoms with Gasteiger partial charge in [-0.2, -0.15) is 0 Å². The largest absolute Gasteiger partial charge is 0.489 e. The maximum Gasteiger partial charge on any atom is 0.325 e. The molecule has 2 rings (SSSR count). The summed E-state index contributed by atoms with van der Waals surface area (Å²) < 4.78 is 5.74. The van der Waals surface area contributed by atoms with Gasteiger partial charge in [0.15, 0.2) is 0 Å². The summed E-state index contributed by atoms with van der Waals surface area (Å²) in [5, 5.41) is 12.0. The minimum absolute atomic E-state index is 0.00823. The number of hydrogen-bond donors (Lipinski definition) is 2. The van der Waals surface area contributed by atoms with Crippen molar-refractivity contribution in [3.05, 3.63) is 33.8 Å². The van der Waals surface area contributed by atoms with Crippen LogP contribution in [0.1, 0.15) is 45.6 Å². The molecule has 1 saturated heterocycles. The Kier molecular flexibility index (Phi) is 9.19. The summed E-state index contributed by atoms with van der Waals surface area (Å²) in [6.07, 6.45) is 4.84. The molecule has 0 spiro atoms. The van der Waals surface area contributed by atoms with Crippen molar-refractivity contribution in [3.63, 3.8) is 0 Å². The van der Waals surface area contributed by atoms with E-state index in [1.165, 1.54) is 13.0 Å². The van der Waals surface area contributed by atoms with Crippen molar-refractivity contribution < 1.29 is 24.2 Å². The van der Waals surface area contributed by atoms with Gasteiger partial charge in [0.05, 0.1) is 11.1 Å². The lowest BCUT2D eigenvalue weighted by atomic mass is 9.95. The van der Waals surface area contributed by atoms with Crippen molar-refractivity contribution in [1.82, 2.24) is 10.2 Å². The Labute approximate surface area is 192 Å². The van der Waals surface area contributed by atoms with E-state index in [4.69, 9.17) is 33.0 Å². The summed E-state index contributed by atoms with van der Waals surface area (Å²) in [5.74, 6) is -1.36. The number of rotatable bonds is 8. The number of carboxylic acids is 1. The van der Waals surface area contributed by atoms with E-state index < -0.39 is 12.0 Å². The lowest BCUT2D eigenvalue weighted by molar-refractivity contribution is -0.142. The predicted octanol–water partition coefficient (Wildman–Crippen LogP) is 4.01. The lowest BCUT2D eigenvalue weighted by Gasteiger charge is -2.31. The van der Waals surface area contributed by atoms with Crippen molar-refractivity contribution in [2.75, 3.05) is 13.1 Å². The molecular formula is C22H28Cl2N2O5. The van der Waals surface area contributed by atoms with E-state index in [0.29, 0.717) is 47.3 Å². The summed E-state index contributed by atoms with van der Waals surface area (Å²) in [5.41, 5.74) is 0.605. The second-order valence-electron chi connectivity index (χ2n) is 7.62. The lowest BCUT2D eigenvalue weighted by Crippen LogP contribution is -2.46. The van der Waals surface area contributed by atoms with Gasteiger partial charge in [0, 0.05) is 25.1 Å². The van der Waals surface area contributed by atoms with E-state index in [9.17, 15) is 14.4 Å². The zero-order valence-corrected chi connectivity index (χ0v) is 19.4. The van der Waals surface area contributed by atoms with Gasteiger partial charge < -0.3 is 20.1 Å². The van der Waals surface area contributed by atoms with E-state index in [2.05, 4.69) is 5.32 Å². The van der Waals surface area contributed by atoms with Crippen LogP contribution in [0, 0.1) is 5.92 Å². The summed E-state index contributed by atoms with van der Waals surface area (Å²) in [4.78, 5) is 37.2. The van der Waals surface area contributed by atoms with Crippen LogP contribution in [0.3, 0.4) is 0 Å². The van der Waals surface area contributed by atoms with Crippen molar-refractivity contribution in [1.29, 1.82) is 0 Å². The number of carboxylic acid groups (broad SMARTS) is 1. The smallest absolute Gasteiger partial charge is 0.325 e. The highest BCUT2D eigenvalue weighted by Crippen LogP contribution is 2.36. The maximum absolute atomic E-state index is 12.5. The fourth-order valence-corrected chi connectivity index (χ4v) is 3.52. The third-order valence-corrected chi connectivity index (χ3v) is 6.17.